The summed E-state index contributed by atoms with van der Waals surface area (Å²) < 4.78 is 19.4. The summed E-state index contributed by atoms with van der Waals surface area (Å²) >= 11 is 0. The van der Waals surface area contributed by atoms with Crippen molar-refractivity contribution in [2.45, 2.75) is 26.3 Å². The number of aromatic nitrogens is 2. The zero-order valence-electron chi connectivity index (χ0n) is 16.5. The van der Waals surface area contributed by atoms with Crippen LogP contribution in [0.5, 0.6) is 5.75 Å². The summed E-state index contributed by atoms with van der Waals surface area (Å²) in [6, 6.07) is 13.8. The summed E-state index contributed by atoms with van der Waals surface area (Å²) in [6.45, 7) is 2.88. The second-order valence-corrected chi connectivity index (χ2v) is 6.95. The van der Waals surface area contributed by atoms with Crippen LogP contribution in [-0.4, -0.2) is 34.4 Å². The molecule has 0 radical (unpaired) electrons. The van der Waals surface area contributed by atoms with Crippen molar-refractivity contribution >= 4 is 5.91 Å². The zero-order valence-corrected chi connectivity index (χ0v) is 16.5. The Morgan fingerprint density at radius 2 is 1.90 bits per heavy atom. The fraction of sp³-hybridized carbons (Fsp3) is 0.261. The van der Waals surface area contributed by atoms with Crippen LogP contribution in [0.25, 0.3) is 11.3 Å². The van der Waals surface area contributed by atoms with Gasteiger partial charge in [0.25, 0.3) is 5.91 Å². The molecule has 0 saturated carbocycles. The molecule has 1 amide bonds. The number of methoxy groups -OCH3 is 1. The van der Waals surface area contributed by atoms with Crippen molar-refractivity contribution in [3.05, 3.63) is 77.0 Å². The van der Waals surface area contributed by atoms with Crippen LogP contribution in [0.2, 0.25) is 0 Å². The SMILES string of the molecule is CCc1nc2c(c(-c3ccc(OC)cc3)n1)CN(C(=O)c1ccccc1F)CC2. The lowest BCUT2D eigenvalue weighted by Crippen LogP contribution is -2.37. The lowest BCUT2D eigenvalue weighted by atomic mass is 9.98. The molecule has 0 unspecified atom stereocenters. The summed E-state index contributed by atoms with van der Waals surface area (Å²) in [5.41, 5.74) is 3.73. The quantitative estimate of drug-likeness (QED) is 0.673. The molecule has 1 aliphatic rings. The molecule has 0 spiro atoms. The van der Waals surface area contributed by atoms with E-state index >= 15 is 0 Å². The zero-order chi connectivity index (χ0) is 20.4. The van der Waals surface area contributed by atoms with E-state index in [-0.39, 0.29) is 11.5 Å². The Kier molecular flexibility index (Phi) is 5.25. The molecule has 4 rings (SSSR count). The summed E-state index contributed by atoms with van der Waals surface area (Å²) in [5, 5.41) is 0. The smallest absolute Gasteiger partial charge is 0.257 e. The van der Waals surface area contributed by atoms with E-state index in [0.29, 0.717) is 19.5 Å². The highest BCUT2D eigenvalue weighted by molar-refractivity contribution is 5.94. The maximum absolute atomic E-state index is 14.1. The highest BCUT2D eigenvalue weighted by atomic mass is 19.1. The van der Waals surface area contributed by atoms with Crippen molar-refractivity contribution in [2.75, 3.05) is 13.7 Å². The Morgan fingerprint density at radius 1 is 1.14 bits per heavy atom. The van der Waals surface area contributed by atoms with Gasteiger partial charge < -0.3 is 9.64 Å². The number of aryl methyl sites for hydroxylation is 1. The molecule has 2 heterocycles. The maximum Gasteiger partial charge on any atom is 0.257 e. The van der Waals surface area contributed by atoms with Crippen LogP contribution >= 0.6 is 0 Å². The van der Waals surface area contributed by atoms with Gasteiger partial charge >= 0.3 is 0 Å². The lowest BCUT2D eigenvalue weighted by molar-refractivity contribution is 0.0729. The van der Waals surface area contributed by atoms with Crippen molar-refractivity contribution in [1.29, 1.82) is 0 Å². The lowest BCUT2D eigenvalue weighted by Gasteiger charge is -2.30. The third-order valence-corrected chi connectivity index (χ3v) is 5.18. The average Bonchev–Trinajstić information content (AvgIpc) is 2.78. The minimum atomic E-state index is -0.503. The molecule has 6 heteroatoms. The van der Waals surface area contributed by atoms with E-state index in [1.54, 1.807) is 24.1 Å². The molecule has 1 aliphatic heterocycles. The number of hydrogen-bond acceptors (Lipinski definition) is 4. The Bertz CT molecular complexity index is 1050. The van der Waals surface area contributed by atoms with Gasteiger partial charge in [0.2, 0.25) is 0 Å². The minimum absolute atomic E-state index is 0.0908. The van der Waals surface area contributed by atoms with Gasteiger partial charge in [-0.3, -0.25) is 4.79 Å². The van der Waals surface area contributed by atoms with Gasteiger partial charge in [-0.05, 0) is 36.4 Å². The van der Waals surface area contributed by atoms with Crippen LogP contribution in [0.3, 0.4) is 0 Å². The van der Waals surface area contributed by atoms with Crippen molar-refractivity contribution in [1.82, 2.24) is 14.9 Å². The van der Waals surface area contributed by atoms with E-state index in [2.05, 4.69) is 4.98 Å². The first-order valence-corrected chi connectivity index (χ1v) is 9.67. The number of ether oxygens (including phenoxy) is 1. The Balaban J connectivity index is 1.73. The first kappa shape index (κ1) is 19.1. The van der Waals surface area contributed by atoms with Crippen LogP contribution in [0.4, 0.5) is 4.39 Å². The topological polar surface area (TPSA) is 55.3 Å². The Hall–Kier alpha value is -3.28. The number of halogens is 1. The van der Waals surface area contributed by atoms with Crippen LogP contribution in [0, 0.1) is 5.82 Å². The summed E-state index contributed by atoms with van der Waals surface area (Å²) in [5.74, 6) is 0.734. The van der Waals surface area contributed by atoms with Gasteiger partial charge in [0.15, 0.2) is 0 Å². The van der Waals surface area contributed by atoms with E-state index in [4.69, 9.17) is 9.72 Å². The van der Waals surface area contributed by atoms with Crippen molar-refractivity contribution in [2.24, 2.45) is 0 Å². The molecule has 2 aromatic carbocycles. The van der Waals surface area contributed by atoms with E-state index in [1.165, 1.54) is 12.1 Å². The number of fused-ring (bicyclic) bond motifs is 1. The van der Waals surface area contributed by atoms with Gasteiger partial charge in [-0.2, -0.15) is 0 Å². The second kappa shape index (κ2) is 7.99. The van der Waals surface area contributed by atoms with E-state index in [1.807, 2.05) is 31.2 Å². The number of nitrogens with zero attached hydrogens (tertiary/aromatic N) is 3. The van der Waals surface area contributed by atoms with Gasteiger partial charge in [-0.1, -0.05) is 19.1 Å². The molecule has 0 N–H and O–H groups in total. The van der Waals surface area contributed by atoms with E-state index in [9.17, 15) is 9.18 Å². The van der Waals surface area contributed by atoms with Crippen molar-refractivity contribution < 1.29 is 13.9 Å². The average molecular weight is 391 g/mol. The molecule has 0 atom stereocenters. The molecule has 0 saturated heterocycles. The molecule has 0 fully saturated rings. The first-order chi connectivity index (χ1) is 14.1. The van der Waals surface area contributed by atoms with E-state index in [0.717, 1.165) is 40.5 Å². The number of benzene rings is 2. The maximum atomic E-state index is 14.1. The van der Waals surface area contributed by atoms with Crippen molar-refractivity contribution in [3.63, 3.8) is 0 Å². The monoisotopic (exact) mass is 391 g/mol. The van der Waals surface area contributed by atoms with Gasteiger partial charge in [-0.15, -0.1) is 0 Å². The molecule has 5 nitrogen and oxygen atoms in total. The number of amides is 1. The van der Waals surface area contributed by atoms with Crippen LogP contribution in [0.15, 0.2) is 48.5 Å². The molecular weight excluding hydrogens is 369 g/mol. The van der Waals surface area contributed by atoms with Crippen LogP contribution < -0.4 is 4.74 Å². The summed E-state index contributed by atoms with van der Waals surface area (Å²) in [7, 11) is 1.63. The van der Waals surface area contributed by atoms with Gasteiger partial charge in [0.1, 0.15) is 17.4 Å². The first-order valence-electron chi connectivity index (χ1n) is 9.67. The van der Waals surface area contributed by atoms with Gasteiger partial charge in [0, 0.05) is 37.1 Å². The molecule has 0 bridgehead atoms. The third kappa shape index (κ3) is 3.70. The summed E-state index contributed by atoms with van der Waals surface area (Å²) in [6.07, 6.45) is 1.35. The fourth-order valence-electron chi connectivity index (χ4n) is 3.59. The number of carbonyl (C=O) groups is 1. The minimum Gasteiger partial charge on any atom is -0.497 e. The molecule has 29 heavy (non-hydrogen) atoms. The highest BCUT2D eigenvalue weighted by Gasteiger charge is 2.27. The normalized spacial score (nSPS) is 13.1. The third-order valence-electron chi connectivity index (χ3n) is 5.18. The molecule has 1 aromatic heterocycles. The van der Waals surface area contributed by atoms with Gasteiger partial charge in [0.05, 0.1) is 24.1 Å². The standard InChI is InChI=1S/C23H22FN3O2/c1-3-21-25-20-12-13-27(23(28)17-6-4-5-7-19(17)24)14-18(20)22(26-21)15-8-10-16(29-2)11-9-15/h4-11H,3,12-14H2,1-2H3. The van der Waals surface area contributed by atoms with Crippen LogP contribution in [0.1, 0.15) is 34.4 Å². The Morgan fingerprint density at radius 3 is 2.59 bits per heavy atom. The predicted molar refractivity (Wildman–Crippen MR) is 108 cm³/mol. The van der Waals surface area contributed by atoms with Gasteiger partial charge in [-0.25, -0.2) is 14.4 Å². The number of rotatable bonds is 4. The second-order valence-electron chi connectivity index (χ2n) is 6.95. The molecular formula is C23H22FN3O2. The Labute approximate surface area is 169 Å². The molecule has 3 aromatic rings. The fourth-order valence-corrected chi connectivity index (χ4v) is 3.59. The van der Waals surface area contributed by atoms with E-state index < -0.39 is 5.82 Å². The largest absolute Gasteiger partial charge is 0.497 e. The van der Waals surface area contributed by atoms with Crippen molar-refractivity contribution in [3.8, 4) is 17.0 Å². The number of carbonyl (C=O) groups excluding carboxylic acids is 1. The predicted octanol–water partition coefficient (Wildman–Crippen LogP) is 4.05. The number of hydrogen-bond donors (Lipinski definition) is 0. The summed E-state index contributed by atoms with van der Waals surface area (Å²) in [4.78, 5) is 24.0. The molecule has 0 aliphatic carbocycles. The highest BCUT2D eigenvalue weighted by Crippen LogP contribution is 2.30. The van der Waals surface area contributed by atoms with Crippen LogP contribution in [-0.2, 0) is 19.4 Å². The molecule has 148 valence electrons.